The van der Waals surface area contributed by atoms with E-state index in [-0.39, 0.29) is 4.47 Å². The molecule has 0 bridgehead atoms. The van der Waals surface area contributed by atoms with Gasteiger partial charge in [-0.2, -0.15) is 0 Å². The lowest BCUT2D eigenvalue weighted by atomic mass is 10.2. The molecule has 1 aromatic heterocycles. The van der Waals surface area contributed by atoms with Crippen molar-refractivity contribution in [2.24, 2.45) is 0 Å². The number of nitrogens with one attached hydrogen (secondary N) is 2. The van der Waals surface area contributed by atoms with Crippen LogP contribution in [0.5, 0.6) is 0 Å². The van der Waals surface area contributed by atoms with Crippen LogP contribution in [0.2, 0.25) is 0 Å². The molecule has 5 nitrogen and oxygen atoms in total. The highest BCUT2D eigenvalue weighted by Gasteiger charge is 2.27. The van der Waals surface area contributed by atoms with E-state index in [0.717, 1.165) is 6.07 Å². The summed E-state index contributed by atoms with van der Waals surface area (Å²) in [7, 11) is -4.17. The van der Waals surface area contributed by atoms with Crippen molar-refractivity contribution < 1.29 is 17.2 Å². The molecule has 0 aliphatic carbocycles. The molecule has 9 heteroatoms. The Kier molecular flexibility index (Phi) is 4.74. The summed E-state index contributed by atoms with van der Waals surface area (Å²) < 4.78 is 53.6. The van der Waals surface area contributed by atoms with E-state index in [2.05, 4.69) is 30.6 Å². The summed E-state index contributed by atoms with van der Waals surface area (Å²) in [4.78, 5) is 6.14. The smallest absolute Gasteiger partial charge is 0.245 e. The number of imidazole rings is 1. The van der Waals surface area contributed by atoms with Crippen LogP contribution < -0.4 is 4.72 Å². The molecule has 1 unspecified atom stereocenters. The van der Waals surface area contributed by atoms with Crippen molar-refractivity contribution in [3.63, 3.8) is 0 Å². The lowest BCUT2D eigenvalue weighted by molar-refractivity contribution is 0.520. The van der Waals surface area contributed by atoms with Crippen molar-refractivity contribution in [2.45, 2.75) is 24.3 Å². The molecular formula is C12H12BrF2N3O2S. The van der Waals surface area contributed by atoms with Crippen LogP contribution in [0.25, 0.3) is 0 Å². The largest absolute Gasteiger partial charge is 0.347 e. The fraction of sp³-hybridized carbons (Fsp3) is 0.250. The maximum atomic E-state index is 13.8. The van der Waals surface area contributed by atoms with Crippen LogP contribution >= 0.6 is 15.9 Å². The van der Waals surface area contributed by atoms with Gasteiger partial charge in [0.25, 0.3) is 0 Å². The lowest BCUT2D eigenvalue weighted by Crippen LogP contribution is -2.30. The van der Waals surface area contributed by atoms with Gasteiger partial charge in [-0.1, -0.05) is 6.92 Å². The summed E-state index contributed by atoms with van der Waals surface area (Å²) in [5.74, 6) is -1.61. The number of sulfonamides is 1. The molecule has 0 aliphatic heterocycles. The van der Waals surface area contributed by atoms with Crippen molar-refractivity contribution in [1.82, 2.24) is 14.7 Å². The second-order valence-electron chi connectivity index (χ2n) is 4.26. The van der Waals surface area contributed by atoms with Crippen LogP contribution in [0.4, 0.5) is 8.78 Å². The number of nitrogens with zero attached hydrogens (tertiary/aromatic N) is 1. The van der Waals surface area contributed by atoms with Gasteiger partial charge in [-0.3, -0.25) is 0 Å². The predicted molar refractivity (Wildman–Crippen MR) is 76.0 cm³/mol. The first-order chi connectivity index (χ1) is 9.85. The number of hydrogen-bond donors (Lipinski definition) is 2. The third kappa shape index (κ3) is 3.47. The quantitative estimate of drug-likeness (QED) is 0.838. The molecule has 0 amide bonds. The Morgan fingerprint density at radius 2 is 2.14 bits per heavy atom. The summed E-state index contributed by atoms with van der Waals surface area (Å²) in [5.41, 5.74) is 0. The molecule has 2 N–H and O–H groups in total. The van der Waals surface area contributed by atoms with E-state index in [1.165, 1.54) is 6.20 Å². The highest BCUT2D eigenvalue weighted by Crippen LogP contribution is 2.27. The Hall–Kier alpha value is -1.32. The SMILES string of the molecule is CCC(NS(=O)(=O)c1c(F)cc(F)cc1Br)c1ncc[nH]1. The molecule has 1 heterocycles. The summed E-state index contributed by atoms with van der Waals surface area (Å²) in [6, 6.07) is 0.778. The minimum Gasteiger partial charge on any atom is -0.347 e. The molecule has 114 valence electrons. The molecule has 1 atom stereocenters. The fourth-order valence-corrected chi connectivity index (χ4v) is 4.28. The van der Waals surface area contributed by atoms with E-state index in [4.69, 9.17) is 0 Å². The van der Waals surface area contributed by atoms with Crippen molar-refractivity contribution in [1.29, 1.82) is 0 Å². The Labute approximate surface area is 129 Å². The van der Waals surface area contributed by atoms with Crippen LogP contribution in [-0.2, 0) is 10.0 Å². The van der Waals surface area contributed by atoms with Crippen molar-refractivity contribution in [3.05, 3.63) is 46.5 Å². The number of halogens is 3. The number of aromatic amines is 1. The number of H-pyrrole nitrogens is 1. The number of benzene rings is 1. The van der Waals surface area contributed by atoms with E-state index in [0.29, 0.717) is 18.3 Å². The minimum atomic E-state index is -4.17. The molecule has 0 saturated carbocycles. The highest BCUT2D eigenvalue weighted by molar-refractivity contribution is 9.10. The lowest BCUT2D eigenvalue weighted by Gasteiger charge is -2.16. The highest BCUT2D eigenvalue weighted by atomic mass is 79.9. The van der Waals surface area contributed by atoms with Gasteiger partial charge in [-0.25, -0.2) is 26.9 Å². The number of rotatable bonds is 5. The molecule has 2 rings (SSSR count). The number of hydrogen-bond acceptors (Lipinski definition) is 3. The maximum Gasteiger partial charge on any atom is 0.245 e. The standard InChI is InChI=1S/C12H12BrF2N3O2S/c1-2-10(12-16-3-4-17-12)18-21(19,20)11-8(13)5-7(14)6-9(11)15/h3-6,10,18H,2H2,1H3,(H,16,17). The summed E-state index contributed by atoms with van der Waals surface area (Å²) in [5, 5.41) is 0. The Balaban J connectivity index is 2.39. The maximum absolute atomic E-state index is 13.8. The van der Waals surface area contributed by atoms with Gasteiger partial charge in [0, 0.05) is 22.9 Å². The summed E-state index contributed by atoms with van der Waals surface area (Å²) >= 11 is 2.87. The van der Waals surface area contributed by atoms with Gasteiger partial charge in [0.1, 0.15) is 22.4 Å². The van der Waals surface area contributed by atoms with Crippen LogP contribution in [0.1, 0.15) is 25.2 Å². The molecule has 2 aromatic rings. The van der Waals surface area contributed by atoms with Crippen LogP contribution in [0.3, 0.4) is 0 Å². The zero-order valence-corrected chi connectivity index (χ0v) is 13.3. The zero-order valence-electron chi connectivity index (χ0n) is 10.9. The number of aromatic nitrogens is 2. The van der Waals surface area contributed by atoms with Crippen molar-refractivity contribution >= 4 is 26.0 Å². The van der Waals surface area contributed by atoms with Gasteiger partial charge in [-0.15, -0.1) is 0 Å². The van der Waals surface area contributed by atoms with Gasteiger partial charge >= 0.3 is 0 Å². The predicted octanol–water partition coefficient (Wildman–Crippen LogP) is 2.88. The van der Waals surface area contributed by atoms with E-state index in [1.54, 1.807) is 13.1 Å². The monoisotopic (exact) mass is 379 g/mol. The van der Waals surface area contributed by atoms with Gasteiger partial charge in [0.05, 0.1) is 6.04 Å². The molecule has 1 aromatic carbocycles. The first kappa shape index (κ1) is 16.1. The second kappa shape index (κ2) is 6.20. The second-order valence-corrected chi connectivity index (χ2v) is 6.76. The first-order valence-corrected chi connectivity index (χ1v) is 8.29. The molecule has 0 aliphatic rings. The van der Waals surface area contributed by atoms with E-state index >= 15 is 0 Å². The Morgan fingerprint density at radius 3 is 2.67 bits per heavy atom. The fourth-order valence-electron chi connectivity index (χ4n) is 1.83. The molecule has 0 fully saturated rings. The van der Waals surface area contributed by atoms with Gasteiger partial charge in [-0.05, 0) is 28.4 Å². The normalized spacial score (nSPS) is 13.3. The van der Waals surface area contributed by atoms with Gasteiger partial charge < -0.3 is 4.98 Å². The Bertz CT molecular complexity index is 712. The van der Waals surface area contributed by atoms with Gasteiger partial charge in [0.2, 0.25) is 10.0 Å². The summed E-state index contributed by atoms with van der Waals surface area (Å²) in [6.45, 7) is 1.76. The van der Waals surface area contributed by atoms with Crippen LogP contribution in [0.15, 0.2) is 33.9 Å². The third-order valence-electron chi connectivity index (χ3n) is 2.79. The average molecular weight is 380 g/mol. The first-order valence-electron chi connectivity index (χ1n) is 6.01. The third-order valence-corrected chi connectivity index (χ3v) is 5.22. The van der Waals surface area contributed by atoms with Crippen LogP contribution in [-0.4, -0.2) is 18.4 Å². The van der Waals surface area contributed by atoms with Gasteiger partial charge in [0.15, 0.2) is 0 Å². The van der Waals surface area contributed by atoms with Crippen molar-refractivity contribution in [3.8, 4) is 0 Å². The molecular weight excluding hydrogens is 368 g/mol. The molecule has 0 saturated heterocycles. The zero-order chi connectivity index (χ0) is 15.6. The molecule has 0 spiro atoms. The molecule has 21 heavy (non-hydrogen) atoms. The van der Waals surface area contributed by atoms with Crippen molar-refractivity contribution in [2.75, 3.05) is 0 Å². The van der Waals surface area contributed by atoms with E-state index in [1.807, 2.05) is 0 Å². The topological polar surface area (TPSA) is 74.8 Å². The summed E-state index contributed by atoms with van der Waals surface area (Å²) in [6.07, 6.45) is 3.45. The van der Waals surface area contributed by atoms with E-state index in [9.17, 15) is 17.2 Å². The Morgan fingerprint density at radius 1 is 1.43 bits per heavy atom. The van der Waals surface area contributed by atoms with Crippen LogP contribution in [0, 0.1) is 11.6 Å². The van der Waals surface area contributed by atoms with E-state index < -0.39 is 32.6 Å². The average Bonchev–Trinajstić information content (AvgIpc) is 2.87. The molecule has 0 radical (unpaired) electrons. The minimum absolute atomic E-state index is 0.179.